The van der Waals surface area contributed by atoms with Crippen molar-refractivity contribution in [2.24, 2.45) is 0 Å². The molecule has 0 rings (SSSR count). The van der Waals surface area contributed by atoms with Gasteiger partial charge in [-0.1, -0.05) is 0 Å². The minimum atomic E-state index is -4.61. The van der Waals surface area contributed by atoms with Crippen LogP contribution in [0.2, 0.25) is 0 Å². The van der Waals surface area contributed by atoms with Crippen molar-refractivity contribution >= 4 is 46.8 Å². The van der Waals surface area contributed by atoms with Gasteiger partial charge in [-0.3, -0.25) is 0 Å². The van der Waals surface area contributed by atoms with Crippen LogP contribution in [0.3, 0.4) is 0 Å². The summed E-state index contributed by atoms with van der Waals surface area (Å²) < 4.78 is 0. The molecule has 0 aromatic heterocycles. The van der Waals surface area contributed by atoms with Crippen LogP contribution >= 0.6 is 0 Å². The Morgan fingerprint density at radius 1 is 1.00 bits per heavy atom. The molecule has 0 radical (unpaired) electrons. The predicted molar refractivity (Wildman–Crippen MR) is 22.6 cm³/mol. The van der Waals surface area contributed by atoms with E-state index in [1.54, 1.807) is 0 Å². The summed E-state index contributed by atoms with van der Waals surface area (Å²) in [6, 6.07) is 0. The third-order valence-electron chi connectivity index (χ3n) is 0. The van der Waals surface area contributed by atoms with Gasteiger partial charge in [-0.25, -0.2) is 0 Å². The number of hydrogen-bond donors (Lipinski definition) is 4. The van der Waals surface area contributed by atoms with E-state index in [0.29, 0.717) is 0 Å². The zero-order valence-corrected chi connectivity index (χ0v) is 8.83. The van der Waals surface area contributed by atoms with Gasteiger partial charge < -0.3 is 22.0 Å². The zero-order chi connectivity index (χ0) is 4.50. The molecule has 0 heterocycles. The van der Waals surface area contributed by atoms with E-state index in [2.05, 4.69) is 0 Å². The number of rotatable bonds is 0. The van der Waals surface area contributed by atoms with E-state index in [4.69, 9.17) is 19.2 Å². The smallest absolute Gasteiger partial charge is 1.00 e. The van der Waals surface area contributed by atoms with Gasteiger partial charge in [0.1, 0.15) is 0 Å². The molecule has 0 aliphatic carbocycles. The van der Waals surface area contributed by atoms with Crippen LogP contribution in [0.5, 0.6) is 0 Å². The first kappa shape index (κ1) is 16.3. The van der Waals surface area contributed by atoms with Gasteiger partial charge in [-0.15, -0.1) is 0 Å². The first-order valence-corrected chi connectivity index (χ1v) is 2.68. The molecule has 0 bridgehead atoms. The van der Waals surface area contributed by atoms with Gasteiger partial charge in [0.15, 0.2) is 0 Å². The summed E-state index contributed by atoms with van der Waals surface area (Å²) in [4.78, 5) is 29.3. The van der Waals surface area contributed by atoms with Crippen molar-refractivity contribution in [3.8, 4) is 0 Å². The van der Waals surface area contributed by atoms with Gasteiger partial charge in [0.25, 0.3) is 0 Å². The van der Waals surface area contributed by atoms with Crippen LogP contribution in [-0.2, 0) is 0 Å². The van der Waals surface area contributed by atoms with E-state index >= 15 is 0 Å². The normalized spacial score (nSPS) is 8.57. The fourth-order valence-electron chi connectivity index (χ4n) is 0. The largest absolute Gasteiger partial charge is 2.00 e. The van der Waals surface area contributed by atoms with Crippen LogP contribution in [-0.4, -0.2) is 66.0 Å². The van der Waals surface area contributed by atoms with Gasteiger partial charge >= 0.3 is 46.8 Å². The summed E-state index contributed by atoms with van der Waals surface area (Å²) in [5.74, 6) is 0. The van der Waals surface area contributed by atoms with E-state index in [0.717, 1.165) is 0 Å². The molecule has 7 heavy (non-hydrogen) atoms. The van der Waals surface area contributed by atoms with E-state index in [-0.39, 0.29) is 80.5 Å². The monoisotopic (exact) mass is 296 g/mol. The van der Waals surface area contributed by atoms with Gasteiger partial charge in [0, 0.05) is 39.9 Å². The maximum atomic E-state index is 7.33. The Morgan fingerprint density at radius 2 is 1.00 bits per heavy atom. The topological polar surface area (TPSA) is 80.9 Å². The predicted octanol–water partition coefficient (Wildman–Crippen LogP) is -2.76. The molecule has 0 spiro atoms. The van der Waals surface area contributed by atoms with Gasteiger partial charge in [-0.2, -0.15) is 0 Å². The molecular formula is H6CaGdO4Si. The van der Waals surface area contributed by atoms with Crippen molar-refractivity contribution in [3.05, 3.63) is 0 Å². The van der Waals surface area contributed by atoms with E-state index in [1.165, 1.54) is 0 Å². The Morgan fingerprint density at radius 3 is 1.00 bits per heavy atom. The van der Waals surface area contributed by atoms with Crippen molar-refractivity contribution in [3.63, 3.8) is 0 Å². The quantitative estimate of drug-likeness (QED) is 0.365. The SMILES string of the molecule is O[Si](O)(O)O.[Ca+2].[Gd].[H-].[H-]. The van der Waals surface area contributed by atoms with Crippen LogP contribution in [0.15, 0.2) is 0 Å². The maximum Gasteiger partial charge on any atom is 2.00 e. The molecular weight excluding hydrogens is 289 g/mol. The molecule has 0 saturated carbocycles. The van der Waals surface area contributed by atoms with Crippen molar-refractivity contribution in [1.82, 2.24) is 0 Å². The van der Waals surface area contributed by atoms with Crippen molar-refractivity contribution < 1.29 is 62.0 Å². The van der Waals surface area contributed by atoms with Gasteiger partial charge in [-0.05, 0) is 0 Å². The van der Waals surface area contributed by atoms with Crippen LogP contribution in [0, 0.1) is 39.9 Å². The van der Waals surface area contributed by atoms with Gasteiger partial charge in [0.2, 0.25) is 0 Å². The molecule has 0 aliphatic rings. The second kappa shape index (κ2) is 6.76. The second-order valence-electron chi connectivity index (χ2n) is 0.600. The summed E-state index contributed by atoms with van der Waals surface area (Å²) in [6.07, 6.45) is 0. The fraction of sp³-hybridized carbons (Fsp3) is 0. The molecule has 4 N–H and O–H groups in total. The minimum Gasteiger partial charge on any atom is -1.00 e. The summed E-state index contributed by atoms with van der Waals surface area (Å²) in [5.41, 5.74) is 0. The molecule has 0 aromatic rings. The first-order valence-electron chi connectivity index (χ1n) is 0.894. The number of hydrogen-bond acceptors (Lipinski definition) is 4. The zero-order valence-electron chi connectivity index (χ0n) is 5.35. The Bertz CT molecular complexity index is 34.0. The first-order chi connectivity index (χ1) is 2.00. The summed E-state index contributed by atoms with van der Waals surface area (Å²) in [7, 11) is -4.61. The molecule has 0 saturated heterocycles. The Kier molecular flexibility index (Phi) is 15.8. The van der Waals surface area contributed by atoms with E-state index < -0.39 is 9.05 Å². The van der Waals surface area contributed by atoms with Crippen molar-refractivity contribution in [2.45, 2.75) is 0 Å². The Labute approximate surface area is 107 Å². The van der Waals surface area contributed by atoms with Crippen LogP contribution in [0.1, 0.15) is 2.85 Å². The van der Waals surface area contributed by atoms with Crippen LogP contribution < -0.4 is 0 Å². The molecule has 44 valence electrons. The molecule has 0 fully saturated rings. The maximum absolute atomic E-state index is 7.33. The fourth-order valence-corrected chi connectivity index (χ4v) is 0. The summed E-state index contributed by atoms with van der Waals surface area (Å²) in [6.45, 7) is 0. The van der Waals surface area contributed by atoms with Crippen LogP contribution in [0.4, 0.5) is 0 Å². The summed E-state index contributed by atoms with van der Waals surface area (Å²) >= 11 is 0. The van der Waals surface area contributed by atoms with Crippen molar-refractivity contribution in [2.75, 3.05) is 0 Å². The molecule has 0 aliphatic heterocycles. The minimum absolute atomic E-state index is 0. The third-order valence-corrected chi connectivity index (χ3v) is 0. The molecule has 0 aromatic carbocycles. The molecule has 0 amide bonds. The standard InChI is InChI=1S/Ca.Gd.H4O4Si.2H/c;;1-5(2,3)4;;/h;;1-4H;;/q+2;;;2*-1. The Hall–Kier alpha value is 2.64. The molecule has 0 unspecified atom stereocenters. The van der Waals surface area contributed by atoms with E-state index in [1.807, 2.05) is 0 Å². The molecule has 0 atom stereocenters. The Balaban J connectivity index is -0.0000000133. The molecule has 7 heteroatoms. The average Bonchev–Trinajstić information content (AvgIpc) is 0.722. The van der Waals surface area contributed by atoms with Crippen LogP contribution in [0.25, 0.3) is 0 Å². The third kappa shape index (κ3) is 54.6. The summed E-state index contributed by atoms with van der Waals surface area (Å²) in [5, 5.41) is 0. The molecule has 4 nitrogen and oxygen atoms in total. The van der Waals surface area contributed by atoms with Gasteiger partial charge in [0.05, 0.1) is 0 Å². The van der Waals surface area contributed by atoms with Crippen molar-refractivity contribution in [1.29, 1.82) is 0 Å². The second-order valence-corrected chi connectivity index (χ2v) is 1.80. The average molecular weight is 295 g/mol. The van der Waals surface area contributed by atoms with E-state index in [9.17, 15) is 0 Å².